The quantitative estimate of drug-likeness (QED) is 0.782. The molecule has 0 unspecified atom stereocenters. The van der Waals surface area contributed by atoms with Gasteiger partial charge in [0.15, 0.2) is 12.4 Å². The number of rotatable bonds is 5. The van der Waals surface area contributed by atoms with Crippen LogP contribution >= 0.6 is 11.7 Å². The standard InChI is InChI=1S/C14H15N3O3S/c18-12(11-4-2-1-3-5-11)10-20-14-13(15-21-16-14)17-6-8-19-9-7-17/h1-5H,6-10H2. The van der Waals surface area contributed by atoms with E-state index in [1.165, 1.54) is 0 Å². The highest BCUT2D eigenvalue weighted by Gasteiger charge is 2.20. The molecule has 0 amide bonds. The van der Waals surface area contributed by atoms with E-state index in [1.807, 2.05) is 18.2 Å². The number of ether oxygens (including phenoxy) is 2. The van der Waals surface area contributed by atoms with E-state index in [9.17, 15) is 4.79 Å². The van der Waals surface area contributed by atoms with Gasteiger partial charge >= 0.3 is 0 Å². The van der Waals surface area contributed by atoms with Gasteiger partial charge in [0.2, 0.25) is 5.82 Å². The molecule has 1 aliphatic heterocycles. The highest BCUT2D eigenvalue weighted by molar-refractivity contribution is 6.99. The predicted octanol–water partition coefficient (Wildman–Crippen LogP) is 1.64. The summed E-state index contributed by atoms with van der Waals surface area (Å²) in [5.74, 6) is 1.05. The summed E-state index contributed by atoms with van der Waals surface area (Å²) in [6, 6.07) is 9.08. The molecule has 1 aliphatic rings. The summed E-state index contributed by atoms with van der Waals surface area (Å²) in [4.78, 5) is 14.1. The van der Waals surface area contributed by atoms with Crippen LogP contribution in [0.2, 0.25) is 0 Å². The minimum atomic E-state index is -0.0727. The summed E-state index contributed by atoms with van der Waals surface area (Å²) >= 11 is 1.09. The van der Waals surface area contributed by atoms with Crippen molar-refractivity contribution in [1.82, 2.24) is 8.75 Å². The number of anilines is 1. The zero-order valence-electron chi connectivity index (χ0n) is 11.4. The normalized spacial score (nSPS) is 15.0. The lowest BCUT2D eigenvalue weighted by Crippen LogP contribution is -2.36. The van der Waals surface area contributed by atoms with Gasteiger partial charge in [-0.05, 0) is 0 Å². The van der Waals surface area contributed by atoms with E-state index in [0.717, 1.165) is 24.8 Å². The molecule has 6 nitrogen and oxygen atoms in total. The van der Waals surface area contributed by atoms with E-state index in [2.05, 4.69) is 13.6 Å². The van der Waals surface area contributed by atoms with Gasteiger partial charge in [-0.15, -0.1) is 4.37 Å². The van der Waals surface area contributed by atoms with Crippen molar-refractivity contribution in [3.05, 3.63) is 35.9 Å². The van der Waals surface area contributed by atoms with Crippen LogP contribution in [0.1, 0.15) is 10.4 Å². The SMILES string of the molecule is O=C(COc1nsnc1N1CCOCC1)c1ccccc1. The first-order chi connectivity index (χ1) is 10.3. The van der Waals surface area contributed by atoms with Crippen LogP contribution < -0.4 is 9.64 Å². The average Bonchev–Trinajstić information content (AvgIpc) is 3.03. The van der Waals surface area contributed by atoms with Crippen LogP contribution in [0.4, 0.5) is 5.82 Å². The average molecular weight is 305 g/mol. The summed E-state index contributed by atoms with van der Waals surface area (Å²) in [5, 5.41) is 0. The first-order valence-corrected chi connectivity index (χ1v) is 7.44. The van der Waals surface area contributed by atoms with Crippen molar-refractivity contribution in [2.24, 2.45) is 0 Å². The number of carbonyl (C=O) groups is 1. The number of aromatic nitrogens is 2. The Morgan fingerprint density at radius 2 is 2.00 bits per heavy atom. The highest BCUT2D eigenvalue weighted by Crippen LogP contribution is 2.26. The van der Waals surface area contributed by atoms with Crippen molar-refractivity contribution in [3.63, 3.8) is 0 Å². The van der Waals surface area contributed by atoms with Crippen molar-refractivity contribution in [2.75, 3.05) is 37.8 Å². The smallest absolute Gasteiger partial charge is 0.271 e. The van der Waals surface area contributed by atoms with Gasteiger partial charge in [-0.3, -0.25) is 4.79 Å². The third kappa shape index (κ3) is 3.37. The number of hydrogen-bond acceptors (Lipinski definition) is 7. The molecule has 2 heterocycles. The summed E-state index contributed by atoms with van der Waals surface area (Å²) in [7, 11) is 0. The van der Waals surface area contributed by atoms with Crippen LogP contribution in [0.3, 0.4) is 0 Å². The molecule has 110 valence electrons. The molecular weight excluding hydrogens is 290 g/mol. The minimum absolute atomic E-state index is 0.0350. The lowest BCUT2D eigenvalue weighted by Gasteiger charge is -2.26. The zero-order valence-corrected chi connectivity index (χ0v) is 12.2. The van der Waals surface area contributed by atoms with Crippen LogP contribution in [0.5, 0.6) is 5.88 Å². The molecule has 0 aliphatic carbocycles. The first kappa shape index (κ1) is 14.0. The number of morpholine rings is 1. The summed E-state index contributed by atoms with van der Waals surface area (Å²) in [6.45, 7) is 2.81. The Balaban J connectivity index is 1.63. The van der Waals surface area contributed by atoms with Crippen LogP contribution in [-0.2, 0) is 4.74 Å². The highest BCUT2D eigenvalue weighted by atomic mass is 32.1. The molecule has 2 aromatic rings. The van der Waals surface area contributed by atoms with Gasteiger partial charge in [-0.2, -0.15) is 4.37 Å². The number of Topliss-reactive ketones (excluding diaryl/α,β-unsaturated/α-hetero) is 1. The van der Waals surface area contributed by atoms with Gasteiger partial charge in [0.1, 0.15) is 0 Å². The summed E-state index contributed by atoms with van der Waals surface area (Å²) in [5.41, 5.74) is 0.633. The van der Waals surface area contributed by atoms with Gasteiger partial charge in [-0.25, -0.2) is 0 Å². The molecule has 1 aromatic carbocycles. The Bertz CT molecular complexity index is 597. The Hall–Kier alpha value is -1.99. The molecule has 0 atom stereocenters. The largest absolute Gasteiger partial charge is 0.466 e. The van der Waals surface area contributed by atoms with E-state index in [1.54, 1.807) is 12.1 Å². The number of hydrogen-bond donors (Lipinski definition) is 0. The molecule has 0 saturated carbocycles. The molecule has 1 saturated heterocycles. The predicted molar refractivity (Wildman–Crippen MR) is 79.2 cm³/mol. The molecule has 3 rings (SSSR count). The van der Waals surface area contributed by atoms with Crippen molar-refractivity contribution in [3.8, 4) is 5.88 Å². The Labute approximate surface area is 126 Å². The number of nitrogens with zero attached hydrogens (tertiary/aromatic N) is 3. The van der Waals surface area contributed by atoms with E-state index in [-0.39, 0.29) is 12.4 Å². The maximum absolute atomic E-state index is 12.0. The van der Waals surface area contributed by atoms with Crippen LogP contribution in [0.15, 0.2) is 30.3 Å². The summed E-state index contributed by atoms with van der Waals surface area (Å²) in [6.07, 6.45) is 0. The van der Waals surface area contributed by atoms with Gasteiger partial charge in [0, 0.05) is 18.7 Å². The number of carbonyl (C=O) groups excluding carboxylic acids is 1. The topological polar surface area (TPSA) is 64.5 Å². The number of ketones is 1. The lowest BCUT2D eigenvalue weighted by molar-refractivity contribution is 0.0917. The Morgan fingerprint density at radius 1 is 1.24 bits per heavy atom. The molecule has 0 bridgehead atoms. The fourth-order valence-corrected chi connectivity index (χ4v) is 2.60. The molecule has 0 spiro atoms. The molecule has 1 aromatic heterocycles. The maximum Gasteiger partial charge on any atom is 0.271 e. The first-order valence-electron chi connectivity index (χ1n) is 6.71. The van der Waals surface area contributed by atoms with Crippen molar-refractivity contribution in [2.45, 2.75) is 0 Å². The fourth-order valence-electron chi connectivity index (χ4n) is 2.08. The number of benzene rings is 1. The van der Waals surface area contributed by atoms with Gasteiger partial charge < -0.3 is 14.4 Å². The zero-order chi connectivity index (χ0) is 14.5. The molecule has 21 heavy (non-hydrogen) atoms. The van der Waals surface area contributed by atoms with E-state index >= 15 is 0 Å². The van der Waals surface area contributed by atoms with Crippen LogP contribution in [-0.4, -0.2) is 47.4 Å². The van der Waals surface area contributed by atoms with Gasteiger partial charge in [-0.1, -0.05) is 30.3 Å². The molecular formula is C14H15N3O3S. The second-order valence-corrected chi connectivity index (χ2v) is 5.10. The molecule has 7 heteroatoms. The van der Waals surface area contributed by atoms with Crippen molar-refractivity contribution < 1.29 is 14.3 Å². The van der Waals surface area contributed by atoms with E-state index < -0.39 is 0 Å². The molecule has 1 fully saturated rings. The van der Waals surface area contributed by atoms with Gasteiger partial charge in [0.25, 0.3) is 5.88 Å². The van der Waals surface area contributed by atoms with E-state index in [4.69, 9.17) is 9.47 Å². The molecule has 0 radical (unpaired) electrons. The lowest BCUT2D eigenvalue weighted by atomic mass is 10.1. The second kappa shape index (κ2) is 6.64. The maximum atomic E-state index is 12.0. The monoisotopic (exact) mass is 305 g/mol. The second-order valence-electron chi connectivity index (χ2n) is 4.57. The van der Waals surface area contributed by atoms with Crippen molar-refractivity contribution in [1.29, 1.82) is 0 Å². The van der Waals surface area contributed by atoms with Crippen LogP contribution in [0.25, 0.3) is 0 Å². The Morgan fingerprint density at radius 3 is 2.76 bits per heavy atom. The Kier molecular flexibility index (Phi) is 4.42. The van der Waals surface area contributed by atoms with Crippen molar-refractivity contribution >= 4 is 23.3 Å². The minimum Gasteiger partial charge on any atom is -0.466 e. The summed E-state index contributed by atoms with van der Waals surface area (Å²) < 4.78 is 19.2. The third-order valence-corrected chi connectivity index (χ3v) is 3.69. The van der Waals surface area contributed by atoms with Crippen LogP contribution in [0, 0.1) is 0 Å². The van der Waals surface area contributed by atoms with E-state index in [0.29, 0.717) is 30.5 Å². The molecule has 0 N–H and O–H groups in total. The fraction of sp³-hybridized carbons (Fsp3) is 0.357. The third-order valence-electron chi connectivity index (χ3n) is 3.19. The van der Waals surface area contributed by atoms with Gasteiger partial charge in [0.05, 0.1) is 24.9 Å².